The van der Waals surface area contributed by atoms with Gasteiger partial charge in [0, 0.05) is 17.8 Å². The van der Waals surface area contributed by atoms with Crippen LogP contribution in [-0.2, 0) is 25.9 Å². The van der Waals surface area contributed by atoms with Gasteiger partial charge in [-0.15, -0.1) is 12.4 Å². The zero-order valence-electron chi connectivity index (χ0n) is 15.8. The number of carbonyl (C=O) groups is 1. The first-order chi connectivity index (χ1) is 13.0. The number of aromatic nitrogens is 3. The molecule has 1 aliphatic carbocycles. The van der Waals surface area contributed by atoms with Gasteiger partial charge in [0.05, 0.1) is 12.2 Å². The van der Waals surface area contributed by atoms with E-state index in [-0.39, 0.29) is 12.4 Å². The Kier molecular flexibility index (Phi) is 5.81. The molecule has 1 saturated heterocycles. The molecule has 4 rings (SSSR count). The molecule has 0 radical (unpaired) electrons. The van der Waals surface area contributed by atoms with Gasteiger partial charge >= 0.3 is 5.97 Å². The molecule has 28 heavy (non-hydrogen) atoms. The van der Waals surface area contributed by atoms with Crippen LogP contribution in [0.5, 0.6) is 5.75 Å². The molecule has 8 nitrogen and oxygen atoms in total. The van der Waals surface area contributed by atoms with Gasteiger partial charge in [-0.3, -0.25) is 9.69 Å². The summed E-state index contributed by atoms with van der Waals surface area (Å²) in [5.74, 6) is -0.893. The number of carboxylic acids is 1. The minimum atomic E-state index is -1.42. The van der Waals surface area contributed by atoms with E-state index < -0.39 is 22.8 Å². The summed E-state index contributed by atoms with van der Waals surface area (Å²) in [5.41, 5.74) is 1.26. The van der Waals surface area contributed by atoms with Gasteiger partial charge in [0.1, 0.15) is 17.3 Å². The van der Waals surface area contributed by atoms with Gasteiger partial charge in [-0.25, -0.2) is 9.78 Å². The van der Waals surface area contributed by atoms with Gasteiger partial charge in [0.25, 0.3) is 5.56 Å². The number of aromatic carboxylic acids is 1. The Morgan fingerprint density at radius 2 is 1.93 bits per heavy atom. The highest BCUT2D eigenvalue weighted by atomic mass is 35.5. The van der Waals surface area contributed by atoms with Crippen LogP contribution in [-0.4, -0.2) is 48.7 Å². The predicted octanol–water partition coefficient (Wildman–Crippen LogP) is 2.17. The number of fused-ring (bicyclic) bond motifs is 3. The lowest BCUT2D eigenvalue weighted by molar-refractivity contribution is 0.0691. The van der Waals surface area contributed by atoms with Crippen molar-refractivity contribution in [2.24, 2.45) is 0 Å². The number of carboxylic acid groups (broad SMARTS) is 1. The zero-order chi connectivity index (χ0) is 19.1. The monoisotopic (exact) mass is 408 g/mol. The number of H-pyrrole nitrogens is 1. The van der Waals surface area contributed by atoms with Crippen molar-refractivity contribution in [3.8, 4) is 17.1 Å². The molecule has 0 spiro atoms. The summed E-state index contributed by atoms with van der Waals surface area (Å²) in [5, 5.41) is 19.7. The van der Waals surface area contributed by atoms with Crippen molar-refractivity contribution in [1.29, 1.82) is 0 Å². The molecule has 2 aromatic rings. The molecule has 152 valence electrons. The first kappa shape index (κ1) is 20.4. The number of nitrogens with one attached hydrogen (secondary N) is 1. The third-order valence-electron chi connectivity index (χ3n) is 5.61. The fraction of sp³-hybridized carbons (Fsp3) is 0.526. The molecule has 2 aliphatic rings. The molecule has 0 atom stereocenters. The Morgan fingerprint density at radius 1 is 1.21 bits per heavy atom. The van der Waals surface area contributed by atoms with E-state index in [1.165, 1.54) is 12.8 Å². The summed E-state index contributed by atoms with van der Waals surface area (Å²) < 4.78 is 2.20. The standard InChI is InChI=1S/C19H24N4O4.ClH/c1-2-23-12-7-5-6-11-15(21-18(25)14(17(11)24)19(26)27)16(12)20-13(23)10-22-8-3-4-9-22;/h2-10H2,1H3,(H,26,27)(H2,21,24,25);1H. The minimum absolute atomic E-state index is 0. The second kappa shape index (κ2) is 7.97. The van der Waals surface area contributed by atoms with Gasteiger partial charge < -0.3 is 19.8 Å². The second-order valence-corrected chi connectivity index (χ2v) is 7.24. The molecule has 1 fully saturated rings. The molecule has 0 saturated carbocycles. The van der Waals surface area contributed by atoms with Crippen molar-refractivity contribution in [3.63, 3.8) is 0 Å². The van der Waals surface area contributed by atoms with Gasteiger partial charge in [-0.2, -0.15) is 0 Å². The highest BCUT2D eigenvalue weighted by Crippen LogP contribution is 2.36. The Labute approximate surface area is 168 Å². The summed E-state index contributed by atoms with van der Waals surface area (Å²) >= 11 is 0. The predicted molar refractivity (Wildman–Crippen MR) is 106 cm³/mol. The van der Waals surface area contributed by atoms with Crippen LogP contribution in [0.15, 0.2) is 4.79 Å². The normalized spacial score (nSPS) is 16.2. The van der Waals surface area contributed by atoms with E-state index in [1.807, 2.05) is 0 Å². The number of pyridine rings is 1. The molecule has 0 bridgehead atoms. The van der Waals surface area contributed by atoms with Crippen molar-refractivity contribution in [2.45, 2.75) is 52.1 Å². The lowest BCUT2D eigenvalue weighted by atomic mass is 10.0. The van der Waals surface area contributed by atoms with Crippen molar-refractivity contribution in [2.75, 3.05) is 13.1 Å². The van der Waals surface area contributed by atoms with E-state index in [0.29, 0.717) is 23.4 Å². The average Bonchev–Trinajstić information content (AvgIpc) is 3.20. The van der Waals surface area contributed by atoms with E-state index >= 15 is 0 Å². The van der Waals surface area contributed by atoms with Crippen LogP contribution >= 0.6 is 12.4 Å². The summed E-state index contributed by atoms with van der Waals surface area (Å²) in [6.07, 6.45) is 4.44. The van der Waals surface area contributed by atoms with Crippen molar-refractivity contribution < 1.29 is 15.0 Å². The Hall–Kier alpha value is -2.32. The number of imidazole rings is 1. The van der Waals surface area contributed by atoms with Gasteiger partial charge in [-0.1, -0.05) is 0 Å². The third kappa shape index (κ3) is 3.31. The van der Waals surface area contributed by atoms with Crippen LogP contribution in [0.2, 0.25) is 0 Å². The number of hydrogen-bond donors (Lipinski definition) is 3. The van der Waals surface area contributed by atoms with Crippen LogP contribution in [0.3, 0.4) is 0 Å². The number of rotatable bonds is 4. The Morgan fingerprint density at radius 3 is 2.57 bits per heavy atom. The molecule has 3 heterocycles. The van der Waals surface area contributed by atoms with Crippen LogP contribution in [0, 0.1) is 0 Å². The maximum absolute atomic E-state index is 12.3. The molecule has 1 aliphatic heterocycles. The summed E-state index contributed by atoms with van der Waals surface area (Å²) in [4.78, 5) is 33.5. The first-order valence-corrected chi connectivity index (χ1v) is 9.53. The highest BCUT2D eigenvalue weighted by molar-refractivity contribution is 5.92. The SMILES string of the molecule is CCn1c(CN2CCCC2)nc2c1CCCc1c-2[nH]c(=O)c(C(=O)O)c1O.Cl. The molecule has 9 heteroatoms. The van der Waals surface area contributed by atoms with E-state index in [0.717, 1.165) is 50.5 Å². The number of aromatic amines is 1. The van der Waals surface area contributed by atoms with Gasteiger partial charge in [0.2, 0.25) is 0 Å². The number of halogens is 1. The maximum atomic E-state index is 12.3. The van der Waals surface area contributed by atoms with Gasteiger partial charge in [-0.05, 0) is 52.1 Å². The highest BCUT2D eigenvalue weighted by Gasteiger charge is 2.29. The number of hydrogen-bond acceptors (Lipinski definition) is 5. The third-order valence-corrected chi connectivity index (χ3v) is 5.61. The van der Waals surface area contributed by atoms with E-state index in [9.17, 15) is 19.8 Å². The smallest absolute Gasteiger partial charge is 0.345 e. The maximum Gasteiger partial charge on any atom is 0.345 e. The van der Waals surface area contributed by atoms with Crippen LogP contribution in [0.25, 0.3) is 11.4 Å². The molecule has 0 aromatic carbocycles. The zero-order valence-corrected chi connectivity index (χ0v) is 16.6. The van der Waals surface area contributed by atoms with Crippen LogP contribution in [0.1, 0.15) is 53.6 Å². The molecule has 0 amide bonds. The number of likely N-dealkylation sites (tertiary alicyclic amines) is 1. The lowest BCUT2D eigenvalue weighted by Crippen LogP contribution is -2.21. The van der Waals surface area contributed by atoms with Crippen molar-refractivity contribution in [3.05, 3.63) is 33.0 Å². The molecular formula is C19H25ClN4O4. The van der Waals surface area contributed by atoms with E-state index in [4.69, 9.17) is 4.98 Å². The van der Waals surface area contributed by atoms with Gasteiger partial charge in [0.15, 0.2) is 5.56 Å². The fourth-order valence-electron chi connectivity index (χ4n) is 4.33. The summed E-state index contributed by atoms with van der Waals surface area (Å²) in [7, 11) is 0. The topological polar surface area (TPSA) is 111 Å². The summed E-state index contributed by atoms with van der Waals surface area (Å²) in [6.45, 7) is 5.76. The number of aromatic hydroxyl groups is 1. The largest absolute Gasteiger partial charge is 0.506 e. The van der Waals surface area contributed by atoms with Crippen molar-refractivity contribution in [1.82, 2.24) is 19.4 Å². The molecule has 0 unspecified atom stereocenters. The van der Waals surface area contributed by atoms with Crippen molar-refractivity contribution >= 4 is 18.4 Å². The first-order valence-electron chi connectivity index (χ1n) is 9.53. The molecule has 2 aromatic heterocycles. The second-order valence-electron chi connectivity index (χ2n) is 7.24. The lowest BCUT2D eigenvalue weighted by Gasteiger charge is -2.16. The quantitative estimate of drug-likeness (QED) is 0.714. The average molecular weight is 409 g/mol. The van der Waals surface area contributed by atoms with E-state index in [1.54, 1.807) is 0 Å². The molecular weight excluding hydrogens is 384 g/mol. The molecule has 3 N–H and O–H groups in total. The minimum Gasteiger partial charge on any atom is -0.506 e. The fourth-order valence-corrected chi connectivity index (χ4v) is 4.33. The van der Waals surface area contributed by atoms with E-state index in [2.05, 4.69) is 21.4 Å². The van der Waals surface area contributed by atoms with Crippen LogP contribution < -0.4 is 5.56 Å². The summed E-state index contributed by atoms with van der Waals surface area (Å²) in [6, 6.07) is 0. The van der Waals surface area contributed by atoms with Crippen LogP contribution in [0.4, 0.5) is 0 Å². The number of nitrogens with zero attached hydrogens (tertiary/aromatic N) is 3. The Bertz CT molecular complexity index is 960. The Balaban J connectivity index is 0.00000225.